The van der Waals surface area contributed by atoms with Crippen molar-refractivity contribution in [1.82, 2.24) is 19.6 Å². The van der Waals surface area contributed by atoms with Crippen LogP contribution in [0.2, 0.25) is 5.02 Å². The molecule has 40 heavy (non-hydrogen) atoms. The highest BCUT2D eigenvalue weighted by molar-refractivity contribution is 6.31. The number of ether oxygens (including phenoxy) is 1. The van der Waals surface area contributed by atoms with E-state index in [-0.39, 0.29) is 45.1 Å². The van der Waals surface area contributed by atoms with Gasteiger partial charge in [0.05, 0.1) is 36.8 Å². The third kappa shape index (κ3) is 5.73. The third-order valence-corrected chi connectivity index (χ3v) is 6.34. The fraction of sp³-hybridized carbons (Fsp3) is 0.192. The van der Waals surface area contributed by atoms with Crippen molar-refractivity contribution in [2.24, 2.45) is 5.73 Å². The molecule has 0 bridgehead atoms. The number of alkyl halides is 3. The van der Waals surface area contributed by atoms with Crippen LogP contribution in [0.15, 0.2) is 59.7 Å². The van der Waals surface area contributed by atoms with Crippen LogP contribution in [0.25, 0.3) is 16.8 Å². The van der Waals surface area contributed by atoms with Crippen molar-refractivity contribution in [3.8, 4) is 22.6 Å². The fourth-order valence-electron chi connectivity index (χ4n) is 4.01. The molecule has 2 heterocycles. The van der Waals surface area contributed by atoms with Crippen LogP contribution in [0.5, 0.6) is 5.75 Å². The second-order valence-corrected chi connectivity index (χ2v) is 9.14. The van der Waals surface area contributed by atoms with E-state index < -0.39 is 41.0 Å². The summed E-state index contributed by atoms with van der Waals surface area (Å²) < 4.78 is 60.9. The van der Waals surface area contributed by atoms with Crippen LogP contribution in [0.3, 0.4) is 0 Å². The van der Waals surface area contributed by atoms with Crippen LogP contribution in [-0.2, 0) is 17.4 Å². The van der Waals surface area contributed by atoms with Gasteiger partial charge in [0.1, 0.15) is 11.6 Å². The Kier molecular flexibility index (Phi) is 7.78. The van der Waals surface area contributed by atoms with Crippen molar-refractivity contribution in [2.75, 3.05) is 7.11 Å². The maximum Gasteiger partial charge on any atom is 0.436 e. The Morgan fingerprint density at radius 1 is 1.10 bits per heavy atom. The van der Waals surface area contributed by atoms with E-state index in [0.29, 0.717) is 6.20 Å². The number of rotatable bonds is 8. The second kappa shape index (κ2) is 10.9. The molecule has 0 aliphatic rings. The van der Waals surface area contributed by atoms with Gasteiger partial charge in [-0.1, -0.05) is 22.9 Å². The number of primary amides is 1. The van der Waals surface area contributed by atoms with Crippen LogP contribution >= 0.6 is 11.6 Å². The number of Topliss-reactive ketones (excluding diaryl/α,β-unsaturated/α-hetero) is 1. The number of ketones is 1. The normalized spacial score (nSPS) is 12.3. The number of nitrogens with two attached hydrogens (primary N) is 1. The fourth-order valence-corrected chi connectivity index (χ4v) is 4.18. The highest BCUT2D eigenvalue weighted by atomic mass is 35.5. The SMILES string of the molecule is COc1cn(C(C)C(=O)Cc2ccc(C(N)=O)c(F)c2)c(=O)cc1-c1cc(Cl)ccc1-n1cc(C(F)(F)F)nn1. The van der Waals surface area contributed by atoms with E-state index in [1.165, 1.54) is 50.6 Å². The first-order valence-electron chi connectivity index (χ1n) is 11.5. The molecule has 4 aromatic rings. The van der Waals surface area contributed by atoms with Gasteiger partial charge in [-0.25, -0.2) is 9.07 Å². The molecule has 0 radical (unpaired) electrons. The van der Waals surface area contributed by atoms with Gasteiger partial charge >= 0.3 is 6.18 Å². The number of methoxy groups -OCH3 is 1. The summed E-state index contributed by atoms with van der Waals surface area (Å²) in [4.78, 5) is 37.4. The molecule has 2 aromatic heterocycles. The minimum absolute atomic E-state index is 0.107. The van der Waals surface area contributed by atoms with Crippen molar-refractivity contribution in [1.29, 1.82) is 0 Å². The van der Waals surface area contributed by atoms with Crippen molar-refractivity contribution in [3.63, 3.8) is 0 Å². The summed E-state index contributed by atoms with van der Waals surface area (Å²) in [7, 11) is 1.31. The number of benzene rings is 2. The topological polar surface area (TPSA) is 122 Å². The van der Waals surface area contributed by atoms with Crippen LogP contribution in [0.4, 0.5) is 17.6 Å². The van der Waals surface area contributed by atoms with E-state index in [4.69, 9.17) is 22.1 Å². The molecule has 0 fully saturated rings. The standard InChI is InChI=1S/C26H20ClF4N5O4/c1-13(21(37)8-14-3-5-16(25(32)39)19(28)7-14)35-11-22(40-2)18(10-24(35)38)17-9-15(27)4-6-20(17)36-12-23(33-34-36)26(29,30)31/h3-7,9-13H,8H2,1-2H3,(H2,32,39). The molecule has 208 valence electrons. The summed E-state index contributed by atoms with van der Waals surface area (Å²) in [6.07, 6.45) is -2.99. The zero-order valence-corrected chi connectivity index (χ0v) is 21.6. The van der Waals surface area contributed by atoms with Gasteiger partial charge in [-0.3, -0.25) is 14.4 Å². The van der Waals surface area contributed by atoms with Gasteiger partial charge in [0.15, 0.2) is 11.5 Å². The summed E-state index contributed by atoms with van der Waals surface area (Å²) >= 11 is 6.16. The van der Waals surface area contributed by atoms with E-state index in [0.717, 1.165) is 21.4 Å². The maximum atomic E-state index is 14.1. The molecule has 2 N–H and O–H groups in total. The van der Waals surface area contributed by atoms with E-state index >= 15 is 0 Å². The Bertz CT molecular complexity index is 1680. The van der Waals surface area contributed by atoms with Gasteiger partial charge in [0.25, 0.3) is 11.5 Å². The lowest BCUT2D eigenvalue weighted by Crippen LogP contribution is -2.28. The van der Waals surface area contributed by atoms with E-state index in [1.807, 2.05) is 0 Å². The van der Waals surface area contributed by atoms with E-state index in [2.05, 4.69) is 10.3 Å². The predicted molar refractivity (Wildman–Crippen MR) is 136 cm³/mol. The molecule has 2 aromatic carbocycles. The van der Waals surface area contributed by atoms with E-state index in [1.54, 1.807) is 0 Å². The number of hydrogen-bond donors (Lipinski definition) is 1. The molecule has 0 saturated heterocycles. The van der Waals surface area contributed by atoms with Crippen LogP contribution in [0, 0.1) is 5.82 Å². The van der Waals surface area contributed by atoms with Crippen LogP contribution in [0.1, 0.15) is 34.6 Å². The van der Waals surface area contributed by atoms with Gasteiger partial charge in [-0.15, -0.1) is 5.10 Å². The van der Waals surface area contributed by atoms with E-state index in [9.17, 15) is 31.9 Å². The van der Waals surface area contributed by atoms with Gasteiger partial charge in [0, 0.05) is 28.6 Å². The lowest BCUT2D eigenvalue weighted by atomic mass is 10.0. The molecule has 1 atom stereocenters. The van der Waals surface area contributed by atoms with Crippen LogP contribution in [-0.4, -0.2) is 38.4 Å². The molecule has 1 unspecified atom stereocenters. The third-order valence-electron chi connectivity index (χ3n) is 6.10. The number of pyridine rings is 1. The predicted octanol–water partition coefficient (Wildman–Crippen LogP) is 4.39. The average molecular weight is 578 g/mol. The second-order valence-electron chi connectivity index (χ2n) is 8.71. The molecule has 9 nitrogen and oxygen atoms in total. The number of carbonyl (C=O) groups excluding carboxylic acids is 2. The molecule has 0 aliphatic carbocycles. The Balaban J connectivity index is 1.71. The Morgan fingerprint density at radius 3 is 2.42 bits per heavy atom. The monoisotopic (exact) mass is 577 g/mol. The Morgan fingerprint density at radius 2 is 1.82 bits per heavy atom. The van der Waals surface area contributed by atoms with Crippen molar-refractivity contribution in [2.45, 2.75) is 25.6 Å². The summed E-state index contributed by atoms with van der Waals surface area (Å²) in [5.41, 5.74) is 3.73. The highest BCUT2D eigenvalue weighted by Crippen LogP contribution is 2.36. The smallest absolute Gasteiger partial charge is 0.436 e. The average Bonchev–Trinajstić information content (AvgIpc) is 3.39. The first kappa shape index (κ1) is 28.5. The first-order valence-corrected chi connectivity index (χ1v) is 11.9. The maximum absolute atomic E-state index is 14.1. The molecular formula is C26H20ClF4N5O4. The molecule has 0 saturated carbocycles. The minimum atomic E-state index is -4.72. The highest BCUT2D eigenvalue weighted by Gasteiger charge is 2.35. The molecular weight excluding hydrogens is 558 g/mol. The summed E-state index contributed by atoms with van der Waals surface area (Å²) in [5.74, 6) is -2.17. The summed E-state index contributed by atoms with van der Waals surface area (Å²) in [5, 5.41) is 6.95. The van der Waals surface area contributed by atoms with Crippen LogP contribution < -0.4 is 16.0 Å². The van der Waals surface area contributed by atoms with Gasteiger partial charge in [-0.2, -0.15) is 13.2 Å². The lowest BCUT2D eigenvalue weighted by molar-refractivity contribution is -0.141. The number of carbonyl (C=O) groups is 2. The van der Waals surface area contributed by atoms with Crippen molar-refractivity contribution < 1.29 is 31.9 Å². The largest absolute Gasteiger partial charge is 0.495 e. The number of aromatic nitrogens is 4. The van der Waals surface area contributed by atoms with Gasteiger partial charge in [-0.05, 0) is 42.8 Å². The summed E-state index contributed by atoms with van der Waals surface area (Å²) in [6.45, 7) is 1.47. The molecule has 0 aliphatic heterocycles. The van der Waals surface area contributed by atoms with Crippen molar-refractivity contribution in [3.05, 3.63) is 92.9 Å². The lowest BCUT2D eigenvalue weighted by Gasteiger charge is -2.18. The molecule has 14 heteroatoms. The molecule has 4 rings (SSSR count). The van der Waals surface area contributed by atoms with Crippen molar-refractivity contribution >= 4 is 23.3 Å². The number of halogens is 5. The number of hydrogen-bond acceptors (Lipinski definition) is 6. The summed E-state index contributed by atoms with van der Waals surface area (Å²) in [6, 6.07) is 7.98. The zero-order valence-electron chi connectivity index (χ0n) is 20.9. The molecule has 0 spiro atoms. The minimum Gasteiger partial charge on any atom is -0.495 e. The first-order chi connectivity index (χ1) is 18.8. The van der Waals surface area contributed by atoms with Gasteiger partial charge in [0.2, 0.25) is 0 Å². The number of nitrogens with zero attached hydrogens (tertiary/aromatic N) is 4. The quantitative estimate of drug-likeness (QED) is 0.310. The Hall–Kier alpha value is -4.52. The zero-order chi connectivity index (χ0) is 29.4. The number of amides is 1. The van der Waals surface area contributed by atoms with Gasteiger partial charge < -0.3 is 15.0 Å². The molecule has 1 amide bonds. The Labute approximate surface area is 228 Å².